The molecule has 0 bridgehead atoms. The van der Waals surface area contributed by atoms with E-state index in [4.69, 9.17) is 4.74 Å². The molecule has 0 fully saturated rings. The summed E-state index contributed by atoms with van der Waals surface area (Å²) >= 11 is 0. The van der Waals surface area contributed by atoms with Gasteiger partial charge in [0.1, 0.15) is 5.75 Å². The molecule has 73 valence electrons. The van der Waals surface area contributed by atoms with Crippen molar-refractivity contribution in [3.63, 3.8) is 0 Å². The molecule has 0 saturated heterocycles. The molecule has 3 heteroatoms. The summed E-state index contributed by atoms with van der Waals surface area (Å²) < 4.78 is 5.85. The lowest BCUT2D eigenvalue weighted by molar-refractivity contribution is 0.268. The standard InChI is InChI=1S/C11H15BNO/c1-3-12-11-8-13(2)9-6-4-5-7-10(9)14-11/h4-7,11H,3,8H2,1-2H3/t11-/m0/s1. The predicted octanol–water partition coefficient (Wildman–Crippen LogP) is 1.98. The minimum Gasteiger partial charge on any atom is -0.496 e. The van der Waals surface area contributed by atoms with Gasteiger partial charge in [-0.1, -0.05) is 25.4 Å². The molecule has 1 aliphatic rings. The number of fused-ring (bicyclic) bond motifs is 1. The van der Waals surface area contributed by atoms with Crippen LogP contribution in [0.1, 0.15) is 6.92 Å². The molecule has 0 spiro atoms. The van der Waals surface area contributed by atoms with E-state index >= 15 is 0 Å². The van der Waals surface area contributed by atoms with E-state index < -0.39 is 0 Å². The van der Waals surface area contributed by atoms with Crippen LogP contribution < -0.4 is 9.64 Å². The topological polar surface area (TPSA) is 12.5 Å². The number of benzene rings is 1. The molecule has 0 aliphatic carbocycles. The Morgan fingerprint density at radius 2 is 2.29 bits per heavy atom. The number of nitrogens with zero attached hydrogens (tertiary/aromatic N) is 1. The van der Waals surface area contributed by atoms with E-state index in [0.717, 1.165) is 18.6 Å². The molecule has 1 aliphatic heterocycles. The van der Waals surface area contributed by atoms with Gasteiger partial charge in [-0.15, -0.1) is 0 Å². The molecule has 2 nitrogen and oxygen atoms in total. The molecule has 1 atom stereocenters. The third kappa shape index (κ3) is 1.72. The number of para-hydroxylation sites is 2. The molecular weight excluding hydrogens is 173 g/mol. The summed E-state index contributed by atoms with van der Waals surface area (Å²) in [7, 11) is 4.32. The van der Waals surface area contributed by atoms with Crippen molar-refractivity contribution in [3.8, 4) is 5.75 Å². The van der Waals surface area contributed by atoms with Crippen LogP contribution in [0, 0.1) is 0 Å². The smallest absolute Gasteiger partial charge is 0.168 e. The highest BCUT2D eigenvalue weighted by molar-refractivity contribution is 6.37. The lowest BCUT2D eigenvalue weighted by atomic mass is 9.68. The second-order valence-corrected chi connectivity index (χ2v) is 3.65. The van der Waals surface area contributed by atoms with Crippen LogP contribution in [-0.2, 0) is 0 Å². The molecule has 1 heterocycles. The SMILES string of the molecule is CC[B][C@@H]1CN(C)c2ccccc2O1. The third-order valence-corrected chi connectivity index (χ3v) is 2.51. The first kappa shape index (κ1) is 9.44. The Morgan fingerprint density at radius 1 is 1.50 bits per heavy atom. The predicted molar refractivity (Wildman–Crippen MR) is 60.4 cm³/mol. The van der Waals surface area contributed by atoms with Crippen molar-refractivity contribution in [2.24, 2.45) is 0 Å². The van der Waals surface area contributed by atoms with E-state index in [9.17, 15) is 0 Å². The summed E-state index contributed by atoms with van der Waals surface area (Å²) in [6.07, 6.45) is 1.06. The zero-order valence-electron chi connectivity index (χ0n) is 8.73. The lowest BCUT2D eigenvalue weighted by Crippen LogP contribution is -2.41. The fourth-order valence-electron chi connectivity index (χ4n) is 1.83. The molecule has 0 unspecified atom stereocenters. The molecular formula is C11H15BNO. The molecule has 0 aromatic heterocycles. The van der Waals surface area contributed by atoms with E-state index in [1.165, 1.54) is 5.69 Å². The molecule has 2 rings (SSSR count). The fourth-order valence-corrected chi connectivity index (χ4v) is 1.83. The largest absolute Gasteiger partial charge is 0.496 e. The Balaban J connectivity index is 2.20. The van der Waals surface area contributed by atoms with Gasteiger partial charge >= 0.3 is 0 Å². The first-order valence-corrected chi connectivity index (χ1v) is 5.11. The van der Waals surface area contributed by atoms with Gasteiger partial charge in [0.05, 0.1) is 11.7 Å². The van der Waals surface area contributed by atoms with E-state index in [1.54, 1.807) is 0 Å². The Bertz CT molecular complexity index is 316. The molecule has 0 N–H and O–H groups in total. The van der Waals surface area contributed by atoms with Crippen molar-refractivity contribution in [2.75, 3.05) is 18.5 Å². The maximum Gasteiger partial charge on any atom is 0.168 e. The van der Waals surface area contributed by atoms with Crippen LogP contribution in [0.15, 0.2) is 24.3 Å². The first-order valence-electron chi connectivity index (χ1n) is 5.11. The van der Waals surface area contributed by atoms with Crippen LogP contribution >= 0.6 is 0 Å². The van der Waals surface area contributed by atoms with Gasteiger partial charge in [-0.3, -0.25) is 0 Å². The maximum absolute atomic E-state index is 5.85. The molecule has 1 radical (unpaired) electrons. The first-order chi connectivity index (χ1) is 6.81. The van der Waals surface area contributed by atoms with Crippen molar-refractivity contribution in [1.82, 2.24) is 0 Å². The van der Waals surface area contributed by atoms with Gasteiger partial charge in [0.15, 0.2) is 7.28 Å². The van der Waals surface area contributed by atoms with Crippen LogP contribution in [-0.4, -0.2) is 26.9 Å². The van der Waals surface area contributed by atoms with Crippen molar-refractivity contribution in [3.05, 3.63) is 24.3 Å². The van der Waals surface area contributed by atoms with Gasteiger partial charge < -0.3 is 9.64 Å². The second kappa shape index (κ2) is 3.95. The lowest BCUT2D eigenvalue weighted by Gasteiger charge is -2.33. The van der Waals surface area contributed by atoms with E-state index in [1.807, 2.05) is 18.2 Å². The summed E-state index contributed by atoms with van der Waals surface area (Å²) in [5.74, 6) is 0.996. The Kier molecular flexibility index (Phi) is 2.66. The van der Waals surface area contributed by atoms with Gasteiger partial charge in [-0.25, -0.2) is 0 Å². The number of rotatable bonds is 2. The molecule has 0 amide bonds. The summed E-state index contributed by atoms with van der Waals surface area (Å²) in [5.41, 5.74) is 1.19. The van der Waals surface area contributed by atoms with Crippen LogP contribution in [0.4, 0.5) is 5.69 Å². The van der Waals surface area contributed by atoms with E-state index in [-0.39, 0.29) is 6.00 Å². The van der Waals surface area contributed by atoms with E-state index in [2.05, 4.69) is 32.2 Å². The summed E-state index contributed by atoms with van der Waals surface area (Å²) in [6, 6.07) is 8.42. The highest BCUT2D eigenvalue weighted by Gasteiger charge is 2.22. The van der Waals surface area contributed by atoms with Crippen LogP contribution in [0.2, 0.25) is 6.32 Å². The van der Waals surface area contributed by atoms with Crippen molar-refractivity contribution < 1.29 is 4.74 Å². The third-order valence-electron chi connectivity index (χ3n) is 2.51. The molecule has 14 heavy (non-hydrogen) atoms. The van der Waals surface area contributed by atoms with Gasteiger partial charge in [0.2, 0.25) is 0 Å². The zero-order valence-corrected chi connectivity index (χ0v) is 8.73. The minimum absolute atomic E-state index is 0.236. The molecule has 1 aromatic rings. The van der Waals surface area contributed by atoms with Gasteiger partial charge in [0, 0.05) is 13.6 Å². The van der Waals surface area contributed by atoms with Gasteiger partial charge in [-0.2, -0.15) is 0 Å². The van der Waals surface area contributed by atoms with E-state index in [0.29, 0.717) is 0 Å². The number of hydrogen-bond donors (Lipinski definition) is 0. The minimum atomic E-state index is 0.236. The second-order valence-electron chi connectivity index (χ2n) is 3.65. The van der Waals surface area contributed by atoms with Crippen LogP contribution in [0.3, 0.4) is 0 Å². The molecule has 0 saturated carbocycles. The van der Waals surface area contributed by atoms with Gasteiger partial charge in [0.25, 0.3) is 0 Å². The number of hydrogen-bond acceptors (Lipinski definition) is 2. The zero-order chi connectivity index (χ0) is 9.97. The maximum atomic E-state index is 5.85. The number of anilines is 1. The highest BCUT2D eigenvalue weighted by Crippen LogP contribution is 2.31. The normalized spacial score (nSPS) is 19.9. The summed E-state index contributed by atoms with van der Waals surface area (Å²) in [5, 5.41) is 0. The number of ether oxygens (including phenoxy) is 1. The average Bonchev–Trinajstić information content (AvgIpc) is 2.18. The fraction of sp³-hybridized carbons (Fsp3) is 0.455. The van der Waals surface area contributed by atoms with Crippen molar-refractivity contribution in [1.29, 1.82) is 0 Å². The Labute approximate surface area is 86.1 Å². The van der Waals surface area contributed by atoms with Crippen LogP contribution in [0.5, 0.6) is 5.75 Å². The molecule has 1 aromatic carbocycles. The Morgan fingerprint density at radius 3 is 3.07 bits per heavy atom. The number of likely N-dealkylation sites (N-methyl/N-ethyl adjacent to an activating group) is 1. The quantitative estimate of drug-likeness (QED) is 0.658. The Hall–Kier alpha value is -1.12. The summed E-state index contributed by atoms with van der Waals surface area (Å²) in [6.45, 7) is 3.09. The van der Waals surface area contributed by atoms with Crippen molar-refractivity contribution in [2.45, 2.75) is 19.2 Å². The average molecular weight is 188 g/mol. The highest BCUT2D eigenvalue weighted by atomic mass is 16.5. The van der Waals surface area contributed by atoms with Crippen LogP contribution in [0.25, 0.3) is 0 Å². The van der Waals surface area contributed by atoms with Crippen molar-refractivity contribution >= 4 is 13.0 Å². The monoisotopic (exact) mass is 188 g/mol. The van der Waals surface area contributed by atoms with Gasteiger partial charge in [-0.05, 0) is 12.1 Å². The summed E-state index contributed by atoms with van der Waals surface area (Å²) in [4.78, 5) is 2.25.